The Hall–Kier alpha value is -1.06. The van der Waals surface area contributed by atoms with E-state index in [1.165, 1.54) is 38.5 Å². The number of hydrogen-bond acceptors (Lipinski definition) is 3. The van der Waals surface area contributed by atoms with Crippen LogP contribution >= 0.6 is 0 Å². The summed E-state index contributed by atoms with van der Waals surface area (Å²) in [7, 11) is 0. The van der Waals surface area contributed by atoms with E-state index < -0.39 is 0 Å². The van der Waals surface area contributed by atoms with Crippen molar-refractivity contribution in [2.45, 2.75) is 124 Å². The number of unbranched alkanes of at least 4 members (excludes halogenated alkanes) is 6. The van der Waals surface area contributed by atoms with Gasteiger partial charge in [0.15, 0.2) is 6.29 Å². The fourth-order valence-electron chi connectivity index (χ4n) is 3.62. The molecule has 0 aliphatic carbocycles. The summed E-state index contributed by atoms with van der Waals surface area (Å²) in [6.07, 6.45) is 9.04. The summed E-state index contributed by atoms with van der Waals surface area (Å²) in [5.74, 6) is 0.406. The smallest absolute Gasteiger partial charge is 0.183 e. The van der Waals surface area contributed by atoms with Crippen LogP contribution in [-0.4, -0.2) is 18.3 Å². The van der Waals surface area contributed by atoms with Crippen LogP contribution in [0.5, 0.6) is 5.75 Å². The molecule has 0 bridgehead atoms. The molecule has 30 heavy (non-hydrogen) atoms. The maximum atomic E-state index is 11.0. The summed E-state index contributed by atoms with van der Waals surface area (Å²) >= 11 is 0. The second kappa shape index (κ2) is 12.7. The number of hydrogen-bond donors (Lipinski definition) is 1. The van der Waals surface area contributed by atoms with E-state index >= 15 is 0 Å². The van der Waals surface area contributed by atoms with Crippen molar-refractivity contribution < 1.29 is 14.6 Å². The first kappa shape index (κ1) is 27.0. The van der Waals surface area contributed by atoms with Crippen molar-refractivity contribution in [2.24, 2.45) is 0 Å². The first-order valence-electron chi connectivity index (χ1n) is 12.1. The molecule has 0 saturated carbocycles. The molecule has 0 aromatic heterocycles. The molecule has 174 valence electrons. The Kier molecular flexibility index (Phi) is 11.4. The predicted octanol–water partition coefficient (Wildman–Crippen LogP) is 8.18. The van der Waals surface area contributed by atoms with E-state index in [0.717, 1.165) is 29.5 Å². The maximum absolute atomic E-state index is 11.0. The van der Waals surface area contributed by atoms with E-state index in [2.05, 4.69) is 67.5 Å². The summed E-state index contributed by atoms with van der Waals surface area (Å²) in [4.78, 5) is 0. The van der Waals surface area contributed by atoms with E-state index in [1.807, 2.05) is 0 Å². The highest BCUT2D eigenvalue weighted by Gasteiger charge is 2.28. The molecule has 3 nitrogen and oxygen atoms in total. The van der Waals surface area contributed by atoms with Crippen LogP contribution in [0.3, 0.4) is 0 Å². The minimum atomic E-state index is -0.379. The van der Waals surface area contributed by atoms with Gasteiger partial charge in [-0.05, 0) is 46.9 Å². The molecule has 1 aromatic rings. The largest absolute Gasteiger partial charge is 0.507 e. The molecule has 0 unspecified atom stereocenters. The van der Waals surface area contributed by atoms with Gasteiger partial charge in [0.05, 0.1) is 13.2 Å². The SMILES string of the molecule is CCCCCCOC(OCCCCCC)c1cc(C(C)(C)C)c(O)c(C(C)(C)C)c1. The van der Waals surface area contributed by atoms with Gasteiger partial charge in [0.2, 0.25) is 0 Å². The molecule has 0 fully saturated rings. The van der Waals surface area contributed by atoms with Gasteiger partial charge in [-0.25, -0.2) is 0 Å². The molecule has 0 aliphatic rings. The Bertz CT molecular complexity index is 559. The number of rotatable bonds is 13. The van der Waals surface area contributed by atoms with E-state index in [4.69, 9.17) is 9.47 Å². The quantitative estimate of drug-likeness (QED) is 0.258. The highest BCUT2D eigenvalue weighted by atomic mass is 16.7. The van der Waals surface area contributed by atoms with Crippen LogP contribution in [0.25, 0.3) is 0 Å². The Morgan fingerprint density at radius 3 is 1.43 bits per heavy atom. The lowest BCUT2D eigenvalue weighted by atomic mass is 9.78. The van der Waals surface area contributed by atoms with Crippen molar-refractivity contribution in [3.63, 3.8) is 0 Å². The Morgan fingerprint density at radius 1 is 0.700 bits per heavy atom. The van der Waals surface area contributed by atoms with Crippen molar-refractivity contribution in [1.29, 1.82) is 0 Å². The average molecular weight is 421 g/mol. The van der Waals surface area contributed by atoms with Crippen LogP contribution in [0.1, 0.15) is 130 Å². The Morgan fingerprint density at radius 2 is 1.10 bits per heavy atom. The van der Waals surface area contributed by atoms with Crippen molar-refractivity contribution in [3.05, 3.63) is 28.8 Å². The van der Waals surface area contributed by atoms with Gasteiger partial charge in [0.25, 0.3) is 0 Å². The van der Waals surface area contributed by atoms with Gasteiger partial charge in [-0.1, -0.05) is 93.9 Å². The third kappa shape index (κ3) is 8.98. The number of phenolic OH excluding ortho intramolecular Hbond substituents is 1. The van der Waals surface area contributed by atoms with Gasteiger partial charge in [-0.3, -0.25) is 0 Å². The second-order valence-corrected chi connectivity index (χ2v) is 10.7. The summed E-state index contributed by atoms with van der Waals surface area (Å²) in [5.41, 5.74) is 2.62. The van der Waals surface area contributed by atoms with E-state index in [0.29, 0.717) is 19.0 Å². The third-order valence-electron chi connectivity index (χ3n) is 5.55. The monoisotopic (exact) mass is 420 g/mol. The summed E-state index contributed by atoms with van der Waals surface area (Å²) in [6, 6.07) is 4.18. The van der Waals surface area contributed by atoms with Gasteiger partial charge in [0, 0.05) is 5.56 Å². The van der Waals surface area contributed by atoms with Gasteiger partial charge in [-0.2, -0.15) is 0 Å². The van der Waals surface area contributed by atoms with Crippen LogP contribution < -0.4 is 0 Å². The number of benzene rings is 1. The minimum Gasteiger partial charge on any atom is -0.507 e. The molecule has 0 amide bonds. The van der Waals surface area contributed by atoms with Crippen LogP contribution in [0.15, 0.2) is 12.1 Å². The molecule has 0 radical (unpaired) electrons. The molecular formula is C27H48O3. The van der Waals surface area contributed by atoms with Crippen molar-refractivity contribution in [1.82, 2.24) is 0 Å². The van der Waals surface area contributed by atoms with Crippen LogP contribution in [0.2, 0.25) is 0 Å². The van der Waals surface area contributed by atoms with Crippen LogP contribution in [-0.2, 0) is 20.3 Å². The standard InChI is InChI=1S/C27H48O3/c1-9-11-13-15-17-29-25(30-18-16-14-12-10-2)21-19-22(26(3,4)5)24(28)23(20-21)27(6,7)8/h19-20,25,28H,9-18H2,1-8H3. The highest BCUT2D eigenvalue weighted by Crippen LogP contribution is 2.41. The zero-order valence-electron chi connectivity index (χ0n) is 21.1. The fourth-order valence-corrected chi connectivity index (χ4v) is 3.62. The van der Waals surface area contributed by atoms with E-state index in [1.54, 1.807) is 0 Å². The molecule has 0 saturated heterocycles. The molecule has 0 aliphatic heterocycles. The molecule has 1 N–H and O–H groups in total. The molecule has 1 aromatic carbocycles. The first-order valence-corrected chi connectivity index (χ1v) is 12.1. The normalized spacial score (nSPS) is 12.7. The lowest BCUT2D eigenvalue weighted by molar-refractivity contribution is -0.148. The van der Waals surface area contributed by atoms with Gasteiger partial charge >= 0.3 is 0 Å². The van der Waals surface area contributed by atoms with E-state index in [-0.39, 0.29) is 17.1 Å². The molecule has 0 heterocycles. The van der Waals surface area contributed by atoms with Crippen molar-refractivity contribution in [2.75, 3.05) is 13.2 Å². The molecule has 3 heteroatoms. The lowest BCUT2D eigenvalue weighted by Crippen LogP contribution is -2.20. The number of aromatic hydroxyl groups is 1. The van der Waals surface area contributed by atoms with Crippen molar-refractivity contribution >= 4 is 0 Å². The number of phenols is 1. The summed E-state index contributed by atoms with van der Waals surface area (Å²) < 4.78 is 12.5. The molecule has 0 spiro atoms. The fraction of sp³-hybridized carbons (Fsp3) is 0.778. The molecule has 1 rings (SSSR count). The van der Waals surface area contributed by atoms with Crippen LogP contribution in [0, 0.1) is 0 Å². The summed E-state index contributed by atoms with van der Waals surface area (Å²) in [6.45, 7) is 18.7. The Labute approximate surface area is 186 Å². The lowest BCUT2D eigenvalue weighted by Gasteiger charge is -2.30. The Balaban J connectivity index is 3.14. The van der Waals surface area contributed by atoms with Gasteiger partial charge in [0.1, 0.15) is 5.75 Å². The zero-order valence-corrected chi connectivity index (χ0v) is 21.1. The average Bonchev–Trinajstić information content (AvgIpc) is 2.64. The third-order valence-corrected chi connectivity index (χ3v) is 5.55. The minimum absolute atomic E-state index is 0.160. The predicted molar refractivity (Wildman–Crippen MR) is 128 cm³/mol. The highest BCUT2D eigenvalue weighted by molar-refractivity contribution is 5.50. The zero-order chi connectivity index (χ0) is 22.8. The first-order chi connectivity index (χ1) is 14.0. The number of ether oxygens (including phenoxy) is 2. The summed E-state index contributed by atoms with van der Waals surface area (Å²) in [5, 5.41) is 11.0. The maximum Gasteiger partial charge on any atom is 0.183 e. The van der Waals surface area contributed by atoms with Gasteiger partial charge < -0.3 is 14.6 Å². The van der Waals surface area contributed by atoms with Crippen molar-refractivity contribution in [3.8, 4) is 5.75 Å². The topological polar surface area (TPSA) is 38.7 Å². The second-order valence-electron chi connectivity index (χ2n) is 10.7. The van der Waals surface area contributed by atoms with Crippen LogP contribution in [0.4, 0.5) is 0 Å². The molecular weight excluding hydrogens is 372 g/mol. The van der Waals surface area contributed by atoms with E-state index in [9.17, 15) is 5.11 Å². The van der Waals surface area contributed by atoms with Gasteiger partial charge in [-0.15, -0.1) is 0 Å². The molecule has 0 atom stereocenters.